The molecule has 0 spiro atoms. The quantitative estimate of drug-likeness (QED) is 0.729. The van der Waals surface area contributed by atoms with E-state index in [1.165, 1.54) is 0 Å². The number of fused-ring (bicyclic) bond motifs is 1. The fourth-order valence-corrected chi connectivity index (χ4v) is 1.54. The first-order valence-electron chi connectivity index (χ1n) is 4.49. The third kappa shape index (κ3) is 1.32. The molecule has 0 amide bonds. The Morgan fingerprint density at radius 3 is 2.86 bits per heavy atom. The number of ether oxygens (including phenoxy) is 2. The van der Waals surface area contributed by atoms with Crippen LogP contribution in [0.2, 0.25) is 0 Å². The molecule has 4 nitrogen and oxygen atoms in total. The van der Waals surface area contributed by atoms with E-state index < -0.39 is 6.04 Å². The SMILES string of the molecule is Cc1ccc(C(N)CO)c2c1OCO2. The fraction of sp³-hybridized carbons (Fsp3) is 0.400. The molecule has 0 aromatic heterocycles. The average molecular weight is 195 g/mol. The van der Waals surface area contributed by atoms with Crippen molar-refractivity contribution in [3.8, 4) is 11.5 Å². The Kier molecular flexibility index (Phi) is 2.31. The number of aryl methyl sites for hydroxylation is 1. The summed E-state index contributed by atoms with van der Waals surface area (Å²) in [7, 11) is 0. The lowest BCUT2D eigenvalue weighted by molar-refractivity contribution is 0.171. The highest BCUT2D eigenvalue weighted by atomic mass is 16.7. The number of nitrogens with two attached hydrogens (primary N) is 1. The van der Waals surface area contributed by atoms with Crippen LogP contribution in [0.25, 0.3) is 0 Å². The maximum Gasteiger partial charge on any atom is 0.231 e. The van der Waals surface area contributed by atoms with Crippen molar-refractivity contribution in [2.75, 3.05) is 13.4 Å². The zero-order chi connectivity index (χ0) is 10.1. The van der Waals surface area contributed by atoms with Gasteiger partial charge in [0.25, 0.3) is 0 Å². The van der Waals surface area contributed by atoms with Gasteiger partial charge in [0.1, 0.15) is 0 Å². The van der Waals surface area contributed by atoms with Crippen LogP contribution in [0.5, 0.6) is 11.5 Å². The molecule has 0 aliphatic carbocycles. The van der Waals surface area contributed by atoms with E-state index in [9.17, 15) is 0 Å². The molecular weight excluding hydrogens is 182 g/mol. The van der Waals surface area contributed by atoms with Gasteiger partial charge in [-0.25, -0.2) is 0 Å². The summed E-state index contributed by atoms with van der Waals surface area (Å²) < 4.78 is 10.6. The third-order valence-electron chi connectivity index (χ3n) is 2.34. The van der Waals surface area contributed by atoms with E-state index in [1.807, 2.05) is 19.1 Å². The van der Waals surface area contributed by atoms with Crippen molar-refractivity contribution in [2.45, 2.75) is 13.0 Å². The van der Waals surface area contributed by atoms with E-state index in [-0.39, 0.29) is 13.4 Å². The molecule has 0 saturated heterocycles. The van der Waals surface area contributed by atoms with E-state index in [1.54, 1.807) is 0 Å². The van der Waals surface area contributed by atoms with Crippen molar-refractivity contribution in [1.29, 1.82) is 0 Å². The summed E-state index contributed by atoms with van der Waals surface area (Å²) >= 11 is 0. The second-order valence-corrected chi connectivity index (χ2v) is 3.33. The third-order valence-corrected chi connectivity index (χ3v) is 2.34. The highest BCUT2D eigenvalue weighted by Gasteiger charge is 2.22. The highest BCUT2D eigenvalue weighted by Crippen LogP contribution is 2.40. The Bertz CT molecular complexity index is 351. The van der Waals surface area contributed by atoms with E-state index in [0.717, 1.165) is 16.9 Å². The van der Waals surface area contributed by atoms with Crippen LogP contribution in [0.15, 0.2) is 12.1 Å². The second-order valence-electron chi connectivity index (χ2n) is 3.33. The van der Waals surface area contributed by atoms with Crippen LogP contribution in [0.4, 0.5) is 0 Å². The molecule has 4 heteroatoms. The molecule has 14 heavy (non-hydrogen) atoms. The molecule has 1 aromatic rings. The monoisotopic (exact) mass is 195 g/mol. The van der Waals surface area contributed by atoms with Gasteiger partial charge in [0, 0.05) is 5.56 Å². The fourth-order valence-electron chi connectivity index (χ4n) is 1.54. The molecule has 1 aromatic carbocycles. The minimum atomic E-state index is -0.411. The lowest BCUT2D eigenvalue weighted by Gasteiger charge is -2.12. The predicted molar refractivity (Wildman–Crippen MR) is 51.3 cm³/mol. The molecule has 0 bridgehead atoms. The molecule has 76 valence electrons. The van der Waals surface area contributed by atoms with E-state index in [0.29, 0.717) is 5.75 Å². The lowest BCUT2D eigenvalue weighted by atomic mass is 10.0. The summed E-state index contributed by atoms with van der Waals surface area (Å²) in [4.78, 5) is 0. The maximum atomic E-state index is 8.97. The van der Waals surface area contributed by atoms with E-state index in [2.05, 4.69) is 0 Å². The maximum absolute atomic E-state index is 8.97. The van der Waals surface area contributed by atoms with Gasteiger partial charge in [0.05, 0.1) is 12.6 Å². The average Bonchev–Trinajstić information content (AvgIpc) is 2.67. The van der Waals surface area contributed by atoms with Crippen molar-refractivity contribution in [1.82, 2.24) is 0 Å². The smallest absolute Gasteiger partial charge is 0.231 e. The minimum absolute atomic E-state index is 0.0984. The largest absolute Gasteiger partial charge is 0.453 e. The van der Waals surface area contributed by atoms with Crippen molar-refractivity contribution in [2.24, 2.45) is 5.73 Å². The number of hydrogen-bond acceptors (Lipinski definition) is 4. The van der Waals surface area contributed by atoms with Crippen LogP contribution >= 0.6 is 0 Å². The number of benzene rings is 1. The molecule has 1 heterocycles. The van der Waals surface area contributed by atoms with Crippen LogP contribution in [-0.2, 0) is 0 Å². The Labute approximate surface area is 82.2 Å². The van der Waals surface area contributed by atoms with Crippen molar-refractivity contribution in [3.63, 3.8) is 0 Å². The van der Waals surface area contributed by atoms with Crippen LogP contribution < -0.4 is 15.2 Å². The first-order valence-corrected chi connectivity index (χ1v) is 4.49. The van der Waals surface area contributed by atoms with Gasteiger partial charge in [0.15, 0.2) is 11.5 Å². The Morgan fingerprint density at radius 1 is 1.43 bits per heavy atom. The van der Waals surface area contributed by atoms with Gasteiger partial charge in [-0.05, 0) is 12.5 Å². The minimum Gasteiger partial charge on any atom is -0.453 e. The van der Waals surface area contributed by atoms with Crippen LogP contribution in [0.3, 0.4) is 0 Å². The molecule has 1 aliphatic rings. The van der Waals surface area contributed by atoms with Crippen molar-refractivity contribution < 1.29 is 14.6 Å². The second kappa shape index (κ2) is 3.48. The Morgan fingerprint density at radius 2 is 2.14 bits per heavy atom. The van der Waals surface area contributed by atoms with Gasteiger partial charge >= 0.3 is 0 Å². The van der Waals surface area contributed by atoms with Gasteiger partial charge in [0.2, 0.25) is 6.79 Å². The predicted octanol–water partition coefficient (Wildman–Crippen LogP) is 0.716. The summed E-state index contributed by atoms with van der Waals surface area (Å²) in [6.45, 7) is 2.08. The van der Waals surface area contributed by atoms with E-state index >= 15 is 0 Å². The van der Waals surface area contributed by atoms with Gasteiger partial charge in [-0.15, -0.1) is 0 Å². The molecule has 0 saturated carbocycles. The molecule has 2 rings (SSSR count). The highest BCUT2D eigenvalue weighted by molar-refractivity contribution is 5.53. The van der Waals surface area contributed by atoms with Crippen LogP contribution in [0.1, 0.15) is 17.2 Å². The zero-order valence-corrected chi connectivity index (χ0v) is 7.99. The summed E-state index contributed by atoms with van der Waals surface area (Å²) in [6, 6.07) is 3.37. The summed E-state index contributed by atoms with van der Waals surface area (Å²) in [5.74, 6) is 1.41. The first-order chi connectivity index (χ1) is 6.74. The number of hydrogen-bond donors (Lipinski definition) is 2. The van der Waals surface area contributed by atoms with Crippen molar-refractivity contribution in [3.05, 3.63) is 23.3 Å². The number of aliphatic hydroxyl groups excluding tert-OH is 1. The summed E-state index contributed by atoms with van der Waals surface area (Å²) in [5, 5.41) is 8.97. The molecule has 3 N–H and O–H groups in total. The molecule has 1 aliphatic heterocycles. The molecule has 0 radical (unpaired) electrons. The zero-order valence-electron chi connectivity index (χ0n) is 7.99. The molecule has 1 unspecified atom stereocenters. The summed E-state index contributed by atoms with van der Waals surface area (Å²) in [6.07, 6.45) is 0. The Hall–Kier alpha value is -1.26. The van der Waals surface area contributed by atoms with E-state index in [4.69, 9.17) is 20.3 Å². The van der Waals surface area contributed by atoms with Crippen LogP contribution in [0, 0.1) is 6.92 Å². The topological polar surface area (TPSA) is 64.7 Å². The Balaban J connectivity index is 2.48. The van der Waals surface area contributed by atoms with Gasteiger partial charge in [-0.1, -0.05) is 12.1 Å². The standard InChI is InChI=1S/C10H13NO3/c1-6-2-3-7(8(11)4-12)10-9(6)13-5-14-10/h2-3,8,12H,4-5,11H2,1H3. The lowest BCUT2D eigenvalue weighted by Crippen LogP contribution is -2.15. The first kappa shape index (κ1) is 9.30. The molecular formula is C10H13NO3. The number of aliphatic hydroxyl groups is 1. The van der Waals surface area contributed by atoms with Crippen LogP contribution in [-0.4, -0.2) is 18.5 Å². The summed E-state index contributed by atoms with van der Waals surface area (Å²) in [5.41, 5.74) is 7.55. The number of rotatable bonds is 2. The molecule has 0 fully saturated rings. The van der Waals surface area contributed by atoms with Gasteiger partial charge < -0.3 is 20.3 Å². The van der Waals surface area contributed by atoms with Crippen molar-refractivity contribution >= 4 is 0 Å². The van der Waals surface area contributed by atoms with Gasteiger partial charge in [-0.2, -0.15) is 0 Å². The molecule has 1 atom stereocenters. The van der Waals surface area contributed by atoms with Gasteiger partial charge in [-0.3, -0.25) is 0 Å². The normalized spacial score (nSPS) is 15.6.